The van der Waals surface area contributed by atoms with Crippen molar-refractivity contribution in [3.8, 4) is 0 Å². The summed E-state index contributed by atoms with van der Waals surface area (Å²) in [6.07, 6.45) is 3.20. The fraction of sp³-hybridized carbons (Fsp3) is 0.615. The molecule has 17 heavy (non-hydrogen) atoms. The molecule has 1 saturated carbocycles. The Bertz CT molecular complexity index is 448. The molecular formula is C13H18N2OS. The standard InChI is InChI=1S/C13H18N2OS/c1-13(14,10-2-3-10)12(16)15-6-4-11-9(8-15)5-7-17-11/h5,7,10H,2-4,6,8,14H2,1H3. The number of fused-ring (bicyclic) bond motifs is 1. The predicted molar refractivity (Wildman–Crippen MR) is 68.8 cm³/mol. The average Bonchev–Trinajstić information content (AvgIpc) is 3.07. The molecule has 1 fully saturated rings. The van der Waals surface area contributed by atoms with Crippen LogP contribution in [0.3, 0.4) is 0 Å². The van der Waals surface area contributed by atoms with Crippen molar-refractivity contribution in [3.63, 3.8) is 0 Å². The largest absolute Gasteiger partial charge is 0.336 e. The first-order chi connectivity index (χ1) is 8.09. The molecule has 0 radical (unpaired) electrons. The summed E-state index contributed by atoms with van der Waals surface area (Å²) in [7, 11) is 0. The number of rotatable bonds is 2. The van der Waals surface area contributed by atoms with Crippen LogP contribution in [0.5, 0.6) is 0 Å². The van der Waals surface area contributed by atoms with Gasteiger partial charge in [-0.2, -0.15) is 0 Å². The minimum Gasteiger partial charge on any atom is -0.336 e. The summed E-state index contributed by atoms with van der Waals surface area (Å²) in [6, 6.07) is 2.13. The summed E-state index contributed by atoms with van der Waals surface area (Å²) in [6.45, 7) is 3.47. The highest BCUT2D eigenvalue weighted by molar-refractivity contribution is 7.10. The molecule has 1 unspecified atom stereocenters. The Morgan fingerprint density at radius 1 is 1.59 bits per heavy atom. The van der Waals surface area contributed by atoms with Gasteiger partial charge in [-0.25, -0.2) is 0 Å². The van der Waals surface area contributed by atoms with Crippen molar-refractivity contribution in [2.45, 2.75) is 38.3 Å². The van der Waals surface area contributed by atoms with Crippen molar-refractivity contribution in [1.82, 2.24) is 4.90 Å². The van der Waals surface area contributed by atoms with E-state index in [4.69, 9.17) is 5.73 Å². The molecule has 1 aliphatic carbocycles. The molecule has 1 aromatic rings. The van der Waals surface area contributed by atoms with Crippen LogP contribution in [0.1, 0.15) is 30.2 Å². The number of nitrogens with zero attached hydrogens (tertiary/aromatic N) is 1. The Balaban J connectivity index is 1.76. The van der Waals surface area contributed by atoms with Crippen molar-refractivity contribution >= 4 is 17.2 Å². The minimum atomic E-state index is -0.645. The minimum absolute atomic E-state index is 0.136. The normalized spacial score (nSPS) is 23.1. The quantitative estimate of drug-likeness (QED) is 0.869. The van der Waals surface area contributed by atoms with Gasteiger partial charge in [0.2, 0.25) is 5.91 Å². The van der Waals surface area contributed by atoms with E-state index in [1.54, 1.807) is 11.3 Å². The van der Waals surface area contributed by atoms with Gasteiger partial charge in [0.05, 0.1) is 5.54 Å². The second kappa shape index (κ2) is 3.82. The summed E-state index contributed by atoms with van der Waals surface area (Å²) in [5, 5.41) is 2.11. The topological polar surface area (TPSA) is 46.3 Å². The maximum atomic E-state index is 12.4. The van der Waals surface area contributed by atoms with Crippen molar-refractivity contribution in [1.29, 1.82) is 0 Å². The number of carbonyl (C=O) groups is 1. The van der Waals surface area contributed by atoms with Crippen LogP contribution in [0.25, 0.3) is 0 Å². The maximum absolute atomic E-state index is 12.4. The van der Waals surface area contributed by atoms with Crippen LogP contribution < -0.4 is 5.73 Å². The molecule has 1 aliphatic heterocycles. The van der Waals surface area contributed by atoms with Crippen molar-refractivity contribution in [2.75, 3.05) is 6.54 Å². The molecule has 3 rings (SSSR count). The number of nitrogens with two attached hydrogens (primary N) is 1. The van der Waals surface area contributed by atoms with Crippen LogP contribution in [-0.4, -0.2) is 22.9 Å². The molecule has 0 aromatic carbocycles. The molecular weight excluding hydrogens is 232 g/mol. The summed E-state index contributed by atoms with van der Waals surface area (Å²) < 4.78 is 0. The molecule has 0 spiro atoms. The first-order valence-corrected chi connectivity index (χ1v) is 7.10. The Kier molecular flexibility index (Phi) is 2.52. The van der Waals surface area contributed by atoms with Crippen LogP contribution in [0.2, 0.25) is 0 Å². The molecule has 1 atom stereocenters. The Hall–Kier alpha value is -0.870. The molecule has 3 nitrogen and oxygen atoms in total. The van der Waals surface area contributed by atoms with Crippen LogP contribution in [0.15, 0.2) is 11.4 Å². The third kappa shape index (κ3) is 1.89. The zero-order valence-electron chi connectivity index (χ0n) is 10.1. The van der Waals surface area contributed by atoms with Gasteiger partial charge in [0.15, 0.2) is 0 Å². The fourth-order valence-electron chi connectivity index (χ4n) is 2.62. The molecule has 2 aliphatic rings. The van der Waals surface area contributed by atoms with Gasteiger partial charge >= 0.3 is 0 Å². The SMILES string of the molecule is CC(N)(C(=O)N1CCc2sccc2C1)C1CC1. The van der Waals surface area contributed by atoms with Gasteiger partial charge in [0.25, 0.3) is 0 Å². The van der Waals surface area contributed by atoms with E-state index in [0.29, 0.717) is 5.92 Å². The highest BCUT2D eigenvalue weighted by atomic mass is 32.1. The Morgan fingerprint density at radius 2 is 2.35 bits per heavy atom. The molecule has 4 heteroatoms. The fourth-order valence-corrected chi connectivity index (χ4v) is 3.51. The van der Waals surface area contributed by atoms with E-state index in [9.17, 15) is 4.79 Å². The lowest BCUT2D eigenvalue weighted by Crippen LogP contribution is -2.55. The van der Waals surface area contributed by atoms with E-state index < -0.39 is 5.54 Å². The molecule has 1 aromatic heterocycles. The summed E-state index contributed by atoms with van der Waals surface area (Å²) in [4.78, 5) is 15.8. The van der Waals surface area contributed by atoms with Gasteiger partial charge in [-0.3, -0.25) is 4.79 Å². The second-order valence-corrected chi connectivity index (χ2v) is 6.40. The smallest absolute Gasteiger partial charge is 0.242 e. The predicted octanol–water partition coefficient (Wildman–Crippen LogP) is 1.76. The third-order valence-electron chi connectivity index (χ3n) is 3.98. The van der Waals surface area contributed by atoms with E-state index in [2.05, 4.69) is 11.4 Å². The van der Waals surface area contributed by atoms with E-state index in [1.807, 2.05) is 11.8 Å². The van der Waals surface area contributed by atoms with E-state index in [-0.39, 0.29) is 5.91 Å². The lowest BCUT2D eigenvalue weighted by atomic mass is 9.94. The van der Waals surface area contributed by atoms with Crippen LogP contribution in [0, 0.1) is 5.92 Å². The number of hydrogen-bond donors (Lipinski definition) is 1. The van der Waals surface area contributed by atoms with Crippen LogP contribution >= 0.6 is 11.3 Å². The molecule has 0 saturated heterocycles. The van der Waals surface area contributed by atoms with Crippen LogP contribution in [-0.2, 0) is 17.8 Å². The molecule has 2 N–H and O–H groups in total. The van der Waals surface area contributed by atoms with Crippen molar-refractivity contribution in [3.05, 3.63) is 21.9 Å². The monoisotopic (exact) mass is 250 g/mol. The van der Waals surface area contributed by atoms with E-state index >= 15 is 0 Å². The molecule has 0 bridgehead atoms. The highest BCUT2D eigenvalue weighted by Gasteiger charge is 2.46. The van der Waals surface area contributed by atoms with Crippen molar-refractivity contribution < 1.29 is 4.79 Å². The second-order valence-electron chi connectivity index (χ2n) is 5.40. The summed E-state index contributed by atoms with van der Waals surface area (Å²) in [5.41, 5.74) is 6.86. The first-order valence-electron chi connectivity index (χ1n) is 6.22. The van der Waals surface area contributed by atoms with Crippen LogP contribution in [0.4, 0.5) is 0 Å². The zero-order chi connectivity index (χ0) is 12.0. The maximum Gasteiger partial charge on any atom is 0.242 e. The summed E-state index contributed by atoms with van der Waals surface area (Å²) >= 11 is 1.80. The average molecular weight is 250 g/mol. The summed E-state index contributed by atoms with van der Waals surface area (Å²) in [5.74, 6) is 0.538. The Labute approximate surface area is 106 Å². The first kappa shape index (κ1) is 11.2. The Morgan fingerprint density at radius 3 is 3.06 bits per heavy atom. The van der Waals surface area contributed by atoms with Gasteiger partial charge in [-0.05, 0) is 49.1 Å². The third-order valence-corrected chi connectivity index (χ3v) is 5.00. The van der Waals surface area contributed by atoms with Gasteiger partial charge in [-0.15, -0.1) is 11.3 Å². The lowest BCUT2D eigenvalue weighted by molar-refractivity contribution is -0.138. The number of amides is 1. The molecule has 1 amide bonds. The van der Waals surface area contributed by atoms with E-state index in [0.717, 1.165) is 32.4 Å². The number of hydrogen-bond acceptors (Lipinski definition) is 3. The zero-order valence-corrected chi connectivity index (χ0v) is 10.9. The molecule has 2 heterocycles. The number of thiophene rings is 1. The van der Waals surface area contributed by atoms with Gasteiger partial charge in [-0.1, -0.05) is 0 Å². The van der Waals surface area contributed by atoms with Gasteiger partial charge < -0.3 is 10.6 Å². The van der Waals surface area contributed by atoms with Crippen molar-refractivity contribution in [2.24, 2.45) is 11.7 Å². The van der Waals surface area contributed by atoms with Gasteiger partial charge in [0, 0.05) is 18.0 Å². The highest BCUT2D eigenvalue weighted by Crippen LogP contribution is 2.39. The number of carbonyl (C=O) groups excluding carboxylic acids is 1. The lowest BCUT2D eigenvalue weighted by Gasteiger charge is -2.34. The molecule has 92 valence electrons. The van der Waals surface area contributed by atoms with E-state index in [1.165, 1.54) is 10.4 Å². The van der Waals surface area contributed by atoms with Gasteiger partial charge in [0.1, 0.15) is 0 Å².